The Morgan fingerprint density at radius 1 is 1.08 bits per heavy atom. The number of pyridine rings is 1. The molecular formula is C21H21NO4. The monoisotopic (exact) mass is 351 g/mol. The topological polar surface area (TPSA) is 57.5 Å². The Hall–Kier alpha value is -2.92. The molecular weight excluding hydrogens is 330 g/mol. The van der Waals surface area contributed by atoms with Crippen LogP contribution in [0.2, 0.25) is 0 Å². The van der Waals surface area contributed by atoms with Gasteiger partial charge in [0.25, 0.3) is 5.56 Å². The van der Waals surface area contributed by atoms with Gasteiger partial charge in [-0.05, 0) is 49.6 Å². The number of fused-ring (bicyclic) bond motifs is 1. The molecule has 0 aliphatic rings. The lowest BCUT2D eigenvalue weighted by atomic mass is 10.1. The number of ether oxygens (including phenoxy) is 2. The summed E-state index contributed by atoms with van der Waals surface area (Å²) in [6.45, 7) is 4.75. The molecule has 1 aromatic heterocycles. The van der Waals surface area contributed by atoms with Gasteiger partial charge in [-0.25, -0.2) is 0 Å². The number of nitrogens with zero attached hydrogens (tertiary/aromatic N) is 1. The van der Waals surface area contributed by atoms with E-state index in [1.54, 1.807) is 10.6 Å². The van der Waals surface area contributed by atoms with E-state index in [2.05, 4.69) is 0 Å². The van der Waals surface area contributed by atoms with Crippen LogP contribution < -0.4 is 10.3 Å². The van der Waals surface area contributed by atoms with Crippen molar-refractivity contribution < 1.29 is 14.3 Å². The van der Waals surface area contributed by atoms with Gasteiger partial charge in [0.2, 0.25) is 0 Å². The summed E-state index contributed by atoms with van der Waals surface area (Å²) in [6.07, 6.45) is 0.597. The summed E-state index contributed by atoms with van der Waals surface area (Å²) >= 11 is 0. The SMILES string of the molecule is CCOCC(C)n1c(=O)c(C=O)cc2ccc(Oc3ccccc3)cc21. The number of hydrogen-bond donors (Lipinski definition) is 0. The van der Waals surface area contributed by atoms with E-state index in [-0.39, 0.29) is 17.2 Å². The van der Waals surface area contributed by atoms with Gasteiger partial charge in [-0.15, -0.1) is 0 Å². The minimum atomic E-state index is -0.323. The van der Waals surface area contributed by atoms with Gasteiger partial charge in [0.05, 0.1) is 23.7 Å². The van der Waals surface area contributed by atoms with Gasteiger partial charge in [0, 0.05) is 12.7 Å². The number of rotatable bonds is 7. The van der Waals surface area contributed by atoms with Crippen molar-refractivity contribution in [3.05, 3.63) is 70.5 Å². The number of aldehydes is 1. The minimum Gasteiger partial charge on any atom is -0.457 e. The lowest BCUT2D eigenvalue weighted by molar-refractivity contribution is 0.111. The van der Waals surface area contributed by atoms with Gasteiger partial charge in [-0.1, -0.05) is 18.2 Å². The second kappa shape index (κ2) is 7.97. The highest BCUT2D eigenvalue weighted by Gasteiger charge is 2.15. The Kier molecular flexibility index (Phi) is 5.49. The summed E-state index contributed by atoms with van der Waals surface area (Å²) in [7, 11) is 0. The van der Waals surface area contributed by atoms with E-state index >= 15 is 0 Å². The van der Waals surface area contributed by atoms with E-state index in [0.717, 1.165) is 5.39 Å². The van der Waals surface area contributed by atoms with Gasteiger partial charge >= 0.3 is 0 Å². The molecule has 3 aromatic rings. The molecule has 134 valence electrons. The first-order valence-corrected chi connectivity index (χ1v) is 8.59. The van der Waals surface area contributed by atoms with Crippen LogP contribution in [-0.2, 0) is 4.74 Å². The zero-order valence-corrected chi connectivity index (χ0v) is 14.8. The molecule has 0 radical (unpaired) electrons. The van der Waals surface area contributed by atoms with Gasteiger partial charge in [0.15, 0.2) is 6.29 Å². The van der Waals surface area contributed by atoms with Crippen LogP contribution in [0.25, 0.3) is 10.9 Å². The molecule has 0 aliphatic carbocycles. The Labute approximate surface area is 151 Å². The summed E-state index contributed by atoms with van der Waals surface area (Å²) in [5.74, 6) is 1.34. The first-order valence-electron chi connectivity index (χ1n) is 8.59. The molecule has 5 heteroatoms. The third kappa shape index (κ3) is 3.68. The van der Waals surface area contributed by atoms with Gasteiger partial charge in [0.1, 0.15) is 11.5 Å². The zero-order chi connectivity index (χ0) is 18.5. The predicted octanol–water partition coefficient (Wildman–Crippen LogP) is 4.20. The highest BCUT2D eigenvalue weighted by Crippen LogP contribution is 2.26. The molecule has 0 saturated carbocycles. The van der Waals surface area contributed by atoms with Crippen molar-refractivity contribution >= 4 is 17.2 Å². The summed E-state index contributed by atoms with van der Waals surface area (Å²) < 4.78 is 13.0. The van der Waals surface area contributed by atoms with Crippen LogP contribution in [0.4, 0.5) is 0 Å². The van der Waals surface area contributed by atoms with Crippen LogP contribution in [0, 0.1) is 0 Å². The Bertz CT molecular complexity index is 963. The Morgan fingerprint density at radius 3 is 2.54 bits per heavy atom. The van der Waals surface area contributed by atoms with Crippen LogP contribution in [0.3, 0.4) is 0 Å². The van der Waals surface area contributed by atoms with E-state index in [9.17, 15) is 9.59 Å². The molecule has 0 amide bonds. The maximum absolute atomic E-state index is 12.7. The van der Waals surface area contributed by atoms with E-state index in [1.165, 1.54) is 0 Å². The quantitative estimate of drug-likeness (QED) is 0.599. The molecule has 26 heavy (non-hydrogen) atoms. The molecule has 0 bridgehead atoms. The van der Waals surface area contributed by atoms with Gasteiger partial charge in [-0.3, -0.25) is 9.59 Å². The second-order valence-corrected chi connectivity index (χ2v) is 6.04. The number of benzene rings is 2. The molecule has 0 N–H and O–H groups in total. The molecule has 0 spiro atoms. The molecule has 2 aromatic carbocycles. The largest absolute Gasteiger partial charge is 0.457 e. The number of hydrogen-bond acceptors (Lipinski definition) is 4. The summed E-state index contributed by atoms with van der Waals surface area (Å²) in [5, 5.41) is 0.801. The zero-order valence-electron chi connectivity index (χ0n) is 14.8. The Balaban J connectivity index is 2.11. The van der Waals surface area contributed by atoms with Crippen molar-refractivity contribution in [1.82, 2.24) is 4.57 Å². The first-order chi connectivity index (χ1) is 12.6. The molecule has 0 fully saturated rings. The highest BCUT2D eigenvalue weighted by atomic mass is 16.5. The average molecular weight is 351 g/mol. The molecule has 1 heterocycles. The fourth-order valence-electron chi connectivity index (χ4n) is 2.90. The van der Waals surface area contributed by atoms with Crippen molar-refractivity contribution in [2.75, 3.05) is 13.2 Å². The van der Waals surface area contributed by atoms with Crippen LogP contribution in [-0.4, -0.2) is 24.1 Å². The van der Waals surface area contributed by atoms with Gasteiger partial charge in [-0.2, -0.15) is 0 Å². The maximum atomic E-state index is 12.7. The molecule has 3 rings (SSSR count). The maximum Gasteiger partial charge on any atom is 0.261 e. The van der Waals surface area contributed by atoms with Crippen molar-refractivity contribution in [1.29, 1.82) is 0 Å². The summed E-state index contributed by atoms with van der Waals surface area (Å²) in [6, 6.07) is 16.3. The van der Waals surface area contributed by atoms with Crippen LogP contribution in [0.1, 0.15) is 30.2 Å². The average Bonchev–Trinajstić information content (AvgIpc) is 2.66. The van der Waals surface area contributed by atoms with Crippen molar-refractivity contribution in [3.63, 3.8) is 0 Å². The minimum absolute atomic E-state index is 0.137. The first kappa shape index (κ1) is 17.9. The lowest BCUT2D eigenvalue weighted by Crippen LogP contribution is -2.28. The van der Waals surface area contributed by atoms with Crippen molar-refractivity contribution in [2.45, 2.75) is 19.9 Å². The molecule has 1 atom stereocenters. The smallest absolute Gasteiger partial charge is 0.261 e. The number of aromatic nitrogens is 1. The Morgan fingerprint density at radius 2 is 1.85 bits per heavy atom. The van der Waals surface area contributed by atoms with Crippen LogP contribution >= 0.6 is 0 Å². The van der Waals surface area contributed by atoms with Crippen LogP contribution in [0.15, 0.2) is 59.4 Å². The predicted molar refractivity (Wildman–Crippen MR) is 101 cm³/mol. The van der Waals surface area contributed by atoms with E-state index in [0.29, 0.717) is 36.5 Å². The molecule has 5 nitrogen and oxygen atoms in total. The van der Waals surface area contributed by atoms with Crippen molar-refractivity contribution in [2.24, 2.45) is 0 Å². The van der Waals surface area contributed by atoms with E-state index < -0.39 is 0 Å². The lowest BCUT2D eigenvalue weighted by Gasteiger charge is -2.19. The van der Waals surface area contributed by atoms with E-state index in [1.807, 2.05) is 62.4 Å². The fourth-order valence-corrected chi connectivity index (χ4v) is 2.90. The number of carbonyl (C=O) groups is 1. The third-order valence-electron chi connectivity index (χ3n) is 4.15. The van der Waals surface area contributed by atoms with Gasteiger partial charge < -0.3 is 14.0 Å². The second-order valence-electron chi connectivity index (χ2n) is 6.04. The van der Waals surface area contributed by atoms with Crippen molar-refractivity contribution in [3.8, 4) is 11.5 Å². The number of carbonyl (C=O) groups excluding carboxylic acids is 1. The molecule has 0 aliphatic heterocycles. The normalized spacial score (nSPS) is 12.1. The molecule has 1 unspecified atom stereocenters. The standard InChI is InChI=1S/C21H21NO4/c1-3-25-14-15(2)22-20-12-19(26-18-7-5-4-6-8-18)10-9-16(20)11-17(13-23)21(22)24/h4-13,15H,3,14H2,1-2H3. The highest BCUT2D eigenvalue weighted by molar-refractivity contribution is 5.87. The van der Waals surface area contributed by atoms with E-state index in [4.69, 9.17) is 9.47 Å². The molecule has 0 saturated heterocycles. The summed E-state index contributed by atoms with van der Waals surface area (Å²) in [5.41, 5.74) is 0.523. The fraction of sp³-hybridized carbons (Fsp3) is 0.238. The summed E-state index contributed by atoms with van der Waals surface area (Å²) in [4.78, 5) is 24.0. The van der Waals surface area contributed by atoms with Crippen LogP contribution in [0.5, 0.6) is 11.5 Å². The third-order valence-corrected chi connectivity index (χ3v) is 4.15. The number of para-hydroxylation sites is 1.